The van der Waals surface area contributed by atoms with Crippen molar-refractivity contribution < 1.29 is 14.4 Å². The Morgan fingerprint density at radius 2 is 1.81 bits per heavy atom. The minimum Gasteiger partial charge on any atom is -0.361 e. The van der Waals surface area contributed by atoms with Gasteiger partial charge in [-0.3, -0.25) is 14.4 Å². The number of hydrogen-bond donors (Lipinski definition) is 3. The lowest BCUT2D eigenvalue weighted by molar-refractivity contribution is -0.122. The molecule has 0 bridgehead atoms. The molecule has 1 aliphatic rings. The van der Waals surface area contributed by atoms with E-state index in [0.717, 1.165) is 22.2 Å². The van der Waals surface area contributed by atoms with E-state index in [1.54, 1.807) is 29.2 Å². The molecule has 0 aliphatic carbocycles. The quantitative estimate of drug-likeness (QED) is 0.340. The van der Waals surface area contributed by atoms with Gasteiger partial charge >= 0.3 is 0 Å². The molecule has 3 N–H and O–H groups in total. The number of para-hydroxylation sites is 1. The van der Waals surface area contributed by atoms with E-state index in [1.807, 2.05) is 54.7 Å². The highest BCUT2D eigenvalue weighted by Crippen LogP contribution is 2.26. The zero-order valence-electron chi connectivity index (χ0n) is 19.5. The molecule has 7 nitrogen and oxygen atoms in total. The molecule has 36 heavy (non-hydrogen) atoms. The van der Waals surface area contributed by atoms with E-state index in [9.17, 15) is 14.4 Å². The average Bonchev–Trinajstić information content (AvgIpc) is 3.48. The van der Waals surface area contributed by atoms with Gasteiger partial charge in [-0.05, 0) is 66.6 Å². The lowest BCUT2D eigenvalue weighted by Gasteiger charge is -2.16. The van der Waals surface area contributed by atoms with Gasteiger partial charge in [0.15, 0.2) is 0 Å². The van der Waals surface area contributed by atoms with Gasteiger partial charge < -0.3 is 20.5 Å². The highest BCUT2D eigenvalue weighted by atomic mass is 35.5. The number of carbonyl (C=O) groups is 3. The monoisotopic (exact) mass is 500 g/mol. The number of H-pyrrole nitrogens is 1. The Morgan fingerprint density at radius 1 is 1.03 bits per heavy atom. The van der Waals surface area contributed by atoms with Crippen LogP contribution in [0.2, 0.25) is 5.02 Å². The summed E-state index contributed by atoms with van der Waals surface area (Å²) in [7, 11) is 0. The van der Waals surface area contributed by atoms with Crippen LogP contribution in [0.25, 0.3) is 10.9 Å². The summed E-state index contributed by atoms with van der Waals surface area (Å²) < 4.78 is 0. The summed E-state index contributed by atoms with van der Waals surface area (Å²) in [6.45, 7) is 0.822. The van der Waals surface area contributed by atoms with Crippen molar-refractivity contribution in [3.8, 4) is 0 Å². The molecule has 8 heteroatoms. The van der Waals surface area contributed by atoms with Crippen molar-refractivity contribution in [1.29, 1.82) is 0 Å². The van der Waals surface area contributed by atoms with E-state index in [2.05, 4.69) is 15.6 Å². The Morgan fingerprint density at radius 3 is 2.58 bits per heavy atom. The van der Waals surface area contributed by atoms with E-state index in [4.69, 9.17) is 11.6 Å². The molecule has 1 aromatic heterocycles. The van der Waals surface area contributed by atoms with Gasteiger partial charge in [0.05, 0.1) is 5.92 Å². The van der Waals surface area contributed by atoms with E-state index in [1.165, 1.54) is 0 Å². The predicted octanol–water partition coefficient (Wildman–Crippen LogP) is 4.79. The van der Waals surface area contributed by atoms with E-state index >= 15 is 0 Å². The SMILES string of the molecule is O=C(NCCc1c[nH]c2ccc(Cl)cc12)c1ccc(NC(=O)C2CC(=O)N(c3ccccc3)C2)cc1. The molecule has 1 saturated heterocycles. The average molecular weight is 501 g/mol. The van der Waals surface area contributed by atoms with Gasteiger partial charge in [0.2, 0.25) is 11.8 Å². The second-order valence-electron chi connectivity index (χ2n) is 8.82. The molecule has 1 atom stereocenters. The van der Waals surface area contributed by atoms with Crippen molar-refractivity contribution in [1.82, 2.24) is 10.3 Å². The number of anilines is 2. The molecule has 2 heterocycles. The molecular formula is C28H25ClN4O3. The lowest BCUT2D eigenvalue weighted by atomic mass is 10.1. The van der Waals surface area contributed by atoms with Crippen LogP contribution in [-0.2, 0) is 16.0 Å². The molecule has 0 spiro atoms. The largest absolute Gasteiger partial charge is 0.361 e. The number of benzene rings is 3. The Hall–Kier alpha value is -4.10. The van der Waals surface area contributed by atoms with Crippen LogP contribution in [0, 0.1) is 5.92 Å². The molecule has 0 radical (unpaired) electrons. The third kappa shape index (κ3) is 5.11. The maximum atomic E-state index is 12.7. The minimum absolute atomic E-state index is 0.0656. The zero-order valence-corrected chi connectivity index (χ0v) is 20.2. The fourth-order valence-corrected chi connectivity index (χ4v) is 4.63. The first-order valence-electron chi connectivity index (χ1n) is 11.8. The van der Waals surface area contributed by atoms with Crippen molar-refractivity contribution in [3.63, 3.8) is 0 Å². The Bertz CT molecular complexity index is 1420. The molecule has 5 rings (SSSR count). The van der Waals surface area contributed by atoms with Gasteiger partial charge in [-0.2, -0.15) is 0 Å². The van der Waals surface area contributed by atoms with Crippen molar-refractivity contribution in [2.45, 2.75) is 12.8 Å². The molecule has 0 saturated carbocycles. The zero-order chi connectivity index (χ0) is 25.1. The van der Waals surface area contributed by atoms with E-state index < -0.39 is 5.92 Å². The number of halogens is 1. The minimum atomic E-state index is -0.430. The third-order valence-corrected chi connectivity index (χ3v) is 6.62. The predicted molar refractivity (Wildman–Crippen MR) is 141 cm³/mol. The molecular weight excluding hydrogens is 476 g/mol. The maximum Gasteiger partial charge on any atom is 0.251 e. The molecule has 3 aromatic carbocycles. The highest BCUT2D eigenvalue weighted by molar-refractivity contribution is 6.31. The summed E-state index contributed by atoms with van der Waals surface area (Å²) in [4.78, 5) is 42.6. The van der Waals surface area contributed by atoms with Crippen LogP contribution in [0.3, 0.4) is 0 Å². The van der Waals surface area contributed by atoms with Crippen LogP contribution in [-0.4, -0.2) is 35.8 Å². The second-order valence-corrected chi connectivity index (χ2v) is 9.25. The first kappa shape index (κ1) is 23.6. The normalized spacial score (nSPS) is 15.3. The van der Waals surface area contributed by atoms with Crippen LogP contribution in [0.4, 0.5) is 11.4 Å². The first-order chi connectivity index (χ1) is 17.5. The molecule has 3 amide bonds. The third-order valence-electron chi connectivity index (χ3n) is 6.39. The standard InChI is InChI=1S/C28H25ClN4O3/c29-21-8-11-25-24(15-21)19(16-31-25)12-13-30-27(35)18-6-9-22(10-7-18)32-28(36)20-14-26(34)33(17-20)23-4-2-1-3-5-23/h1-11,15-16,20,31H,12-14,17H2,(H,30,35)(H,32,36). The van der Waals surface area contributed by atoms with Gasteiger partial charge in [0.25, 0.3) is 5.91 Å². The molecule has 1 fully saturated rings. The fourth-order valence-electron chi connectivity index (χ4n) is 4.46. The van der Waals surface area contributed by atoms with E-state index in [-0.39, 0.29) is 24.1 Å². The lowest BCUT2D eigenvalue weighted by Crippen LogP contribution is -2.28. The van der Waals surface area contributed by atoms with Crippen LogP contribution in [0.5, 0.6) is 0 Å². The number of amides is 3. The van der Waals surface area contributed by atoms with Crippen LogP contribution >= 0.6 is 11.6 Å². The van der Waals surface area contributed by atoms with Crippen molar-refractivity contribution in [2.24, 2.45) is 5.92 Å². The first-order valence-corrected chi connectivity index (χ1v) is 12.2. The summed E-state index contributed by atoms with van der Waals surface area (Å²) in [6.07, 6.45) is 2.77. The summed E-state index contributed by atoms with van der Waals surface area (Å²) in [5.41, 5.74) is 3.97. The number of nitrogens with one attached hydrogen (secondary N) is 3. The van der Waals surface area contributed by atoms with Crippen molar-refractivity contribution >= 4 is 51.6 Å². The fraction of sp³-hybridized carbons (Fsp3) is 0.179. The number of hydrogen-bond acceptors (Lipinski definition) is 3. The smallest absolute Gasteiger partial charge is 0.251 e. The van der Waals surface area contributed by atoms with Crippen molar-refractivity contribution in [2.75, 3.05) is 23.3 Å². The van der Waals surface area contributed by atoms with Gasteiger partial charge in [0.1, 0.15) is 0 Å². The molecule has 182 valence electrons. The second kappa shape index (κ2) is 10.3. The van der Waals surface area contributed by atoms with Gasteiger partial charge in [-0.15, -0.1) is 0 Å². The van der Waals surface area contributed by atoms with Gasteiger partial charge in [-0.25, -0.2) is 0 Å². The van der Waals surface area contributed by atoms with Crippen molar-refractivity contribution in [3.05, 3.63) is 95.1 Å². The number of nitrogens with zero attached hydrogens (tertiary/aromatic N) is 1. The van der Waals surface area contributed by atoms with Crippen LogP contribution < -0.4 is 15.5 Å². The molecule has 4 aromatic rings. The summed E-state index contributed by atoms with van der Waals surface area (Å²) in [5, 5.41) is 7.52. The van der Waals surface area contributed by atoms with Crippen LogP contribution in [0.15, 0.2) is 79.0 Å². The molecule has 1 unspecified atom stereocenters. The summed E-state index contributed by atoms with van der Waals surface area (Å²) in [5.74, 6) is -0.896. The number of fused-ring (bicyclic) bond motifs is 1. The maximum absolute atomic E-state index is 12.7. The summed E-state index contributed by atoms with van der Waals surface area (Å²) >= 11 is 6.10. The highest BCUT2D eigenvalue weighted by Gasteiger charge is 2.35. The number of carbonyl (C=O) groups excluding carboxylic acids is 3. The summed E-state index contributed by atoms with van der Waals surface area (Å²) in [6, 6.07) is 21.8. The van der Waals surface area contributed by atoms with Crippen LogP contribution in [0.1, 0.15) is 22.3 Å². The van der Waals surface area contributed by atoms with Gasteiger partial charge in [0, 0.05) is 58.6 Å². The van der Waals surface area contributed by atoms with E-state index in [0.29, 0.717) is 35.8 Å². The Kier molecular flexibility index (Phi) is 6.73. The molecule has 1 aliphatic heterocycles. The number of aromatic nitrogens is 1. The number of rotatable bonds is 7. The topological polar surface area (TPSA) is 94.3 Å². The van der Waals surface area contributed by atoms with Gasteiger partial charge in [-0.1, -0.05) is 29.8 Å². The Balaban J connectivity index is 1.13. The Labute approximate surface area is 213 Å². The number of aromatic amines is 1.